The molecular weight excluding hydrogens is 381 g/mol. The number of piperidine rings is 1. The fourth-order valence-corrected chi connectivity index (χ4v) is 4.49. The number of aromatic nitrogens is 2. The Hall–Kier alpha value is -2.25. The largest absolute Gasteiger partial charge is 0.383 e. The first-order chi connectivity index (χ1) is 14.7. The van der Waals surface area contributed by atoms with Crippen molar-refractivity contribution in [3.8, 4) is 0 Å². The van der Waals surface area contributed by atoms with Crippen molar-refractivity contribution in [2.45, 2.75) is 51.2 Å². The number of benzene rings is 1. The minimum absolute atomic E-state index is 0.127. The van der Waals surface area contributed by atoms with Gasteiger partial charge >= 0.3 is 0 Å². The Labute approximate surface area is 178 Å². The fraction of sp³-hybridized carbons (Fsp3) is 0.565. The van der Waals surface area contributed by atoms with Crippen molar-refractivity contribution in [3.05, 3.63) is 47.4 Å². The maximum atomic E-state index is 13.5. The van der Waals surface area contributed by atoms with Crippen LogP contribution < -0.4 is 10.2 Å². The van der Waals surface area contributed by atoms with Gasteiger partial charge in [0.15, 0.2) is 0 Å². The van der Waals surface area contributed by atoms with Gasteiger partial charge in [-0.1, -0.05) is 13.0 Å². The molecule has 6 nitrogen and oxygen atoms in total. The van der Waals surface area contributed by atoms with Crippen LogP contribution in [0.4, 0.5) is 16.2 Å². The van der Waals surface area contributed by atoms with E-state index in [9.17, 15) is 4.39 Å². The fourth-order valence-electron chi connectivity index (χ4n) is 4.49. The topological polar surface area (TPSA) is 53.5 Å². The van der Waals surface area contributed by atoms with Crippen LogP contribution in [-0.4, -0.2) is 60.3 Å². The summed E-state index contributed by atoms with van der Waals surface area (Å²) in [5, 5.41) is 3.35. The smallest absolute Gasteiger partial charge is 0.224 e. The Kier molecular flexibility index (Phi) is 6.79. The summed E-state index contributed by atoms with van der Waals surface area (Å²) in [6, 6.07) is 9.18. The predicted molar refractivity (Wildman–Crippen MR) is 116 cm³/mol. The molecule has 0 amide bonds. The Morgan fingerprint density at radius 2 is 2.10 bits per heavy atom. The van der Waals surface area contributed by atoms with Crippen molar-refractivity contribution in [2.24, 2.45) is 0 Å². The quantitative estimate of drug-likeness (QED) is 0.753. The van der Waals surface area contributed by atoms with E-state index >= 15 is 0 Å². The lowest BCUT2D eigenvalue weighted by molar-refractivity contribution is 0.153. The van der Waals surface area contributed by atoms with Gasteiger partial charge in [0.2, 0.25) is 5.95 Å². The van der Waals surface area contributed by atoms with Crippen molar-refractivity contribution in [1.29, 1.82) is 0 Å². The van der Waals surface area contributed by atoms with E-state index in [1.54, 1.807) is 25.4 Å². The lowest BCUT2D eigenvalue weighted by Gasteiger charge is -2.41. The molecule has 0 saturated carbocycles. The molecule has 0 aliphatic carbocycles. The van der Waals surface area contributed by atoms with Crippen molar-refractivity contribution >= 4 is 11.8 Å². The molecule has 2 aliphatic heterocycles. The monoisotopic (exact) mass is 412 g/mol. The van der Waals surface area contributed by atoms with E-state index < -0.39 is 0 Å². The second-order valence-corrected chi connectivity index (χ2v) is 8.22. The van der Waals surface area contributed by atoms with Gasteiger partial charge in [-0.05, 0) is 48.9 Å². The highest BCUT2D eigenvalue weighted by molar-refractivity contribution is 5.42. The molecule has 7 heteroatoms. The first-order valence-electron chi connectivity index (χ1n) is 10.9. The number of halogens is 1. The number of fused-ring (bicyclic) bond motifs is 1. The van der Waals surface area contributed by atoms with Crippen molar-refractivity contribution in [1.82, 2.24) is 14.9 Å². The van der Waals surface area contributed by atoms with Crippen LogP contribution in [0.3, 0.4) is 0 Å². The zero-order valence-corrected chi connectivity index (χ0v) is 17.9. The van der Waals surface area contributed by atoms with Crippen LogP contribution in [0.2, 0.25) is 0 Å². The van der Waals surface area contributed by atoms with Gasteiger partial charge in [0.1, 0.15) is 11.6 Å². The van der Waals surface area contributed by atoms with Crippen LogP contribution in [0.25, 0.3) is 0 Å². The summed E-state index contributed by atoms with van der Waals surface area (Å²) in [5.41, 5.74) is 2.43. The van der Waals surface area contributed by atoms with E-state index in [0.717, 1.165) is 63.2 Å². The van der Waals surface area contributed by atoms with Gasteiger partial charge < -0.3 is 15.0 Å². The van der Waals surface area contributed by atoms with E-state index in [1.165, 1.54) is 5.56 Å². The molecule has 0 bridgehead atoms. The maximum Gasteiger partial charge on any atom is 0.224 e. The van der Waals surface area contributed by atoms with E-state index in [1.807, 2.05) is 6.07 Å². The van der Waals surface area contributed by atoms with Crippen LogP contribution in [0.1, 0.15) is 37.3 Å². The molecule has 3 heterocycles. The number of ether oxygens (including phenoxy) is 1. The van der Waals surface area contributed by atoms with Gasteiger partial charge in [0.05, 0.1) is 12.6 Å². The van der Waals surface area contributed by atoms with E-state index in [0.29, 0.717) is 18.6 Å². The highest BCUT2D eigenvalue weighted by Gasteiger charge is 2.28. The van der Waals surface area contributed by atoms with E-state index in [-0.39, 0.29) is 11.9 Å². The standard InChI is InChI=1S/C23H31FN5O/c1-3-20(16-30-2)26-23-25-10-6-22(27-23)28-12-8-21(9-13-28)29-11-7-17-14-19(24)5-4-18(17)15-29/h4-5,10,14,20-21H,3,7-9,11-13,15-16H2,1-2H3,(H,25,26,27). The van der Waals surface area contributed by atoms with Gasteiger partial charge in [-0.25, -0.2) is 9.37 Å². The minimum Gasteiger partial charge on any atom is -0.383 e. The number of rotatable bonds is 7. The molecule has 1 aromatic carbocycles. The molecule has 30 heavy (non-hydrogen) atoms. The Balaban J connectivity index is 1.33. The van der Waals surface area contributed by atoms with E-state index in [2.05, 4.69) is 38.1 Å². The summed E-state index contributed by atoms with van der Waals surface area (Å²) in [6.07, 6.45) is 5.78. The summed E-state index contributed by atoms with van der Waals surface area (Å²) in [4.78, 5) is 13.9. The number of anilines is 2. The van der Waals surface area contributed by atoms with Crippen LogP contribution in [-0.2, 0) is 17.7 Å². The Morgan fingerprint density at radius 1 is 1.27 bits per heavy atom. The average molecular weight is 413 g/mol. The van der Waals surface area contributed by atoms with Crippen LogP contribution >= 0.6 is 0 Å². The maximum absolute atomic E-state index is 13.5. The summed E-state index contributed by atoms with van der Waals surface area (Å²) in [7, 11) is 1.71. The zero-order chi connectivity index (χ0) is 20.9. The third kappa shape index (κ3) is 4.90. The second-order valence-electron chi connectivity index (χ2n) is 8.22. The normalized spacial score (nSPS) is 18.8. The summed E-state index contributed by atoms with van der Waals surface area (Å²) in [5.74, 6) is 1.37. The average Bonchev–Trinajstić information content (AvgIpc) is 2.79. The molecule has 1 unspecified atom stereocenters. The first kappa shape index (κ1) is 21.0. The van der Waals surface area contributed by atoms with Crippen molar-refractivity contribution in [2.75, 3.05) is 43.6 Å². The molecule has 4 rings (SSSR count). The third-order valence-corrected chi connectivity index (χ3v) is 6.28. The molecule has 1 radical (unpaired) electrons. The van der Waals surface area contributed by atoms with Crippen LogP contribution in [0.15, 0.2) is 24.4 Å². The lowest BCUT2D eigenvalue weighted by Crippen LogP contribution is -2.46. The van der Waals surface area contributed by atoms with Gasteiger partial charge in [-0.15, -0.1) is 0 Å². The molecule has 1 fully saturated rings. The van der Waals surface area contributed by atoms with Crippen molar-refractivity contribution in [3.63, 3.8) is 0 Å². The molecular formula is C23H31FN5O. The molecule has 161 valence electrons. The van der Waals surface area contributed by atoms with Gasteiger partial charge in [-0.2, -0.15) is 4.98 Å². The molecule has 0 spiro atoms. The summed E-state index contributed by atoms with van der Waals surface area (Å²) in [6.45, 7) is 6.59. The molecule has 1 N–H and O–H groups in total. The molecule has 2 aromatic rings. The first-order valence-corrected chi connectivity index (χ1v) is 10.9. The van der Waals surface area contributed by atoms with Crippen molar-refractivity contribution < 1.29 is 9.13 Å². The number of nitrogens with one attached hydrogen (secondary N) is 1. The van der Waals surface area contributed by atoms with Gasteiger partial charge in [0, 0.05) is 51.6 Å². The highest BCUT2D eigenvalue weighted by atomic mass is 19.1. The number of hydrogen-bond donors (Lipinski definition) is 1. The number of hydrogen-bond acceptors (Lipinski definition) is 6. The van der Waals surface area contributed by atoms with Gasteiger partial charge in [-0.3, -0.25) is 4.90 Å². The zero-order valence-electron chi connectivity index (χ0n) is 17.9. The molecule has 2 aliphatic rings. The highest BCUT2D eigenvalue weighted by Crippen LogP contribution is 2.27. The molecule has 1 atom stereocenters. The predicted octanol–water partition coefficient (Wildman–Crippen LogP) is 3.28. The minimum atomic E-state index is -0.127. The molecule has 1 aromatic heterocycles. The molecule has 1 saturated heterocycles. The summed E-state index contributed by atoms with van der Waals surface area (Å²) >= 11 is 0. The second kappa shape index (κ2) is 9.71. The van der Waals surface area contributed by atoms with E-state index in [4.69, 9.17) is 4.74 Å². The lowest BCUT2D eigenvalue weighted by atomic mass is 9.95. The number of nitrogens with zero attached hydrogens (tertiary/aromatic N) is 4. The Morgan fingerprint density at radius 3 is 2.87 bits per heavy atom. The van der Waals surface area contributed by atoms with Gasteiger partial charge in [0.25, 0.3) is 0 Å². The van der Waals surface area contributed by atoms with Crippen LogP contribution in [0.5, 0.6) is 0 Å². The number of methoxy groups -OCH3 is 1. The Bertz CT molecular complexity index is 840. The van der Waals surface area contributed by atoms with Crippen LogP contribution in [0, 0.1) is 11.9 Å². The summed E-state index contributed by atoms with van der Waals surface area (Å²) < 4.78 is 18.7. The third-order valence-electron chi connectivity index (χ3n) is 6.28. The SMILES string of the molecule is CCC(COC)Nc1nc[c]c(N2CCC(N3CCc4cc(F)ccc4C3)CC2)n1.